The van der Waals surface area contributed by atoms with Gasteiger partial charge in [-0.25, -0.2) is 0 Å². The minimum atomic E-state index is 0.536. The normalized spacial score (nSPS) is 15.6. The summed E-state index contributed by atoms with van der Waals surface area (Å²) in [6, 6.07) is 25.5. The van der Waals surface area contributed by atoms with Gasteiger partial charge in [0, 0.05) is 10.9 Å². The molecule has 0 amide bonds. The largest absolute Gasteiger partial charge is 0.456 e. The Morgan fingerprint density at radius 1 is 0.893 bits per heavy atom. The number of hydrogen-bond donors (Lipinski definition) is 0. The molecule has 28 heavy (non-hydrogen) atoms. The summed E-state index contributed by atoms with van der Waals surface area (Å²) < 4.78 is 8.36. The molecular weight excluding hydrogens is 457 g/mol. The van der Waals surface area contributed by atoms with Crippen molar-refractivity contribution in [1.82, 2.24) is 0 Å². The van der Waals surface area contributed by atoms with E-state index in [4.69, 9.17) is 4.42 Å². The van der Waals surface area contributed by atoms with Crippen LogP contribution in [0.15, 0.2) is 83.3 Å². The Morgan fingerprint density at radius 2 is 1.64 bits per heavy atom. The van der Waals surface area contributed by atoms with Crippen molar-refractivity contribution in [3.05, 3.63) is 90.2 Å². The van der Waals surface area contributed by atoms with E-state index in [0.717, 1.165) is 23.5 Å². The Morgan fingerprint density at radius 3 is 2.43 bits per heavy atom. The first kappa shape index (κ1) is 17.6. The average Bonchev–Trinajstić information content (AvgIpc) is 3.12. The van der Waals surface area contributed by atoms with Crippen molar-refractivity contribution in [2.24, 2.45) is 5.92 Å². The first-order valence-electron chi connectivity index (χ1n) is 9.55. The van der Waals surface area contributed by atoms with Crippen LogP contribution in [0.1, 0.15) is 18.2 Å². The Labute approximate surface area is 179 Å². The Bertz CT molecular complexity index is 1160. The van der Waals surface area contributed by atoms with E-state index in [2.05, 4.69) is 112 Å². The zero-order valence-electron chi connectivity index (χ0n) is 15.6. The maximum Gasteiger partial charge on any atom is 0.137 e. The van der Waals surface area contributed by atoms with E-state index in [1.165, 1.54) is 27.8 Å². The quantitative estimate of drug-likeness (QED) is 0.221. The highest BCUT2D eigenvalue weighted by molar-refractivity contribution is 14.1. The van der Waals surface area contributed by atoms with Crippen molar-refractivity contribution >= 4 is 51.3 Å². The van der Waals surface area contributed by atoms with E-state index in [0.29, 0.717) is 5.92 Å². The van der Waals surface area contributed by atoms with E-state index in [1.54, 1.807) is 0 Å². The van der Waals surface area contributed by atoms with Crippen molar-refractivity contribution in [1.29, 1.82) is 0 Å². The number of hydrogen-bond acceptors (Lipinski definition) is 2. The fraction of sp³-hybridized carbons (Fsp3) is 0.120. The second-order valence-electron chi connectivity index (χ2n) is 7.33. The van der Waals surface area contributed by atoms with E-state index in [1.807, 2.05) is 6.07 Å². The molecule has 5 rings (SSSR count). The van der Waals surface area contributed by atoms with Crippen LogP contribution in [-0.4, -0.2) is 0 Å². The molecule has 2 nitrogen and oxygen atoms in total. The van der Waals surface area contributed by atoms with Gasteiger partial charge < -0.3 is 4.42 Å². The van der Waals surface area contributed by atoms with Crippen molar-refractivity contribution < 1.29 is 4.42 Å². The number of rotatable bonds is 3. The molecule has 0 aliphatic heterocycles. The number of anilines is 2. The van der Waals surface area contributed by atoms with Crippen LogP contribution in [-0.2, 0) is 6.42 Å². The zero-order chi connectivity index (χ0) is 19.1. The van der Waals surface area contributed by atoms with E-state index >= 15 is 0 Å². The molecule has 3 aromatic carbocycles. The second kappa shape index (κ2) is 7.13. The third kappa shape index (κ3) is 3.04. The van der Waals surface area contributed by atoms with Crippen molar-refractivity contribution in [2.45, 2.75) is 13.3 Å². The van der Waals surface area contributed by atoms with Crippen LogP contribution in [0, 0.1) is 5.92 Å². The van der Waals surface area contributed by atoms with Crippen LogP contribution in [0.2, 0.25) is 0 Å². The molecule has 1 heterocycles. The molecule has 0 N–H and O–H groups in total. The molecule has 0 radical (unpaired) electrons. The lowest BCUT2D eigenvalue weighted by Crippen LogP contribution is -2.04. The lowest BCUT2D eigenvalue weighted by atomic mass is 9.93. The van der Waals surface area contributed by atoms with Gasteiger partial charge in [-0.05, 0) is 53.8 Å². The van der Waals surface area contributed by atoms with Crippen LogP contribution < -0.4 is 3.11 Å². The van der Waals surface area contributed by atoms with Crippen LogP contribution in [0.3, 0.4) is 0 Å². The minimum absolute atomic E-state index is 0.536. The Kier molecular flexibility index (Phi) is 4.47. The summed E-state index contributed by atoms with van der Waals surface area (Å²) in [6.45, 7) is 2.25. The molecule has 138 valence electrons. The molecule has 0 bridgehead atoms. The van der Waals surface area contributed by atoms with Gasteiger partial charge in [0.05, 0.1) is 34.2 Å². The van der Waals surface area contributed by atoms with Gasteiger partial charge >= 0.3 is 0 Å². The second-order valence-corrected chi connectivity index (χ2v) is 8.29. The average molecular weight is 477 g/mol. The first-order valence-corrected chi connectivity index (χ1v) is 10.5. The van der Waals surface area contributed by atoms with Crippen LogP contribution >= 0.6 is 22.9 Å². The van der Waals surface area contributed by atoms with Gasteiger partial charge in [0.25, 0.3) is 0 Å². The van der Waals surface area contributed by atoms with Gasteiger partial charge in [-0.15, -0.1) is 0 Å². The predicted molar refractivity (Wildman–Crippen MR) is 126 cm³/mol. The zero-order valence-corrected chi connectivity index (χ0v) is 17.8. The molecule has 0 saturated carbocycles. The SMILES string of the molecule is CC1C=Cc2oc3cccc(N(I)c4ccc(-c5ccccc5)cc4)c3c2C1. The number of allylic oxidation sites excluding steroid dienone is 1. The number of nitrogens with zero attached hydrogens (tertiary/aromatic N) is 1. The van der Waals surface area contributed by atoms with Gasteiger partial charge in [-0.3, -0.25) is 3.11 Å². The monoisotopic (exact) mass is 477 g/mol. The smallest absolute Gasteiger partial charge is 0.137 e. The first-order chi connectivity index (χ1) is 13.7. The number of furan rings is 1. The minimum Gasteiger partial charge on any atom is -0.456 e. The lowest BCUT2D eigenvalue weighted by Gasteiger charge is -2.19. The van der Waals surface area contributed by atoms with Gasteiger partial charge in [0.2, 0.25) is 0 Å². The molecule has 0 spiro atoms. The highest BCUT2D eigenvalue weighted by atomic mass is 127. The fourth-order valence-electron chi connectivity index (χ4n) is 3.91. The van der Waals surface area contributed by atoms with Gasteiger partial charge in [0.1, 0.15) is 11.3 Å². The maximum absolute atomic E-state index is 6.13. The lowest BCUT2D eigenvalue weighted by molar-refractivity contribution is 0.584. The summed E-state index contributed by atoms with van der Waals surface area (Å²) in [5, 5.41) is 1.23. The Balaban J connectivity index is 1.55. The van der Waals surface area contributed by atoms with Crippen LogP contribution in [0.4, 0.5) is 11.4 Å². The summed E-state index contributed by atoms with van der Waals surface area (Å²) in [6.07, 6.45) is 5.38. The highest BCUT2D eigenvalue weighted by Crippen LogP contribution is 2.42. The molecule has 0 fully saturated rings. The summed E-state index contributed by atoms with van der Waals surface area (Å²) in [7, 11) is 0. The third-order valence-corrected chi connectivity index (χ3v) is 6.42. The van der Waals surface area contributed by atoms with Gasteiger partial charge in [0.15, 0.2) is 0 Å². The van der Waals surface area contributed by atoms with E-state index in [9.17, 15) is 0 Å². The molecule has 1 atom stereocenters. The maximum atomic E-state index is 6.13. The fourth-order valence-corrected chi connectivity index (χ4v) is 4.63. The number of benzene rings is 3. The number of fused-ring (bicyclic) bond motifs is 3. The van der Waals surface area contributed by atoms with Crippen molar-refractivity contribution in [3.8, 4) is 11.1 Å². The summed E-state index contributed by atoms with van der Waals surface area (Å²) in [5.41, 5.74) is 7.08. The third-order valence-electron chi connectivity index (χ3n) is 5.34. The van der Waals surface area contributed by atoms with Crippen LogP contribution in [0.25, 0.3) is 28.2 Å². The summed E-state index contributed by atoms with van der Waals surface area (Å²) in [5.74, 6) is 1.54. The Hall–Kier alpha value is -2.53. The summed E-state index contributed by atoms with van der Waals surface area (Å²) >= 11 is 2.40. The highest BCUT2D eigenvalue weighted by Gasteiger charge is 2.22. The predicted octanol–water partition coefficient (Wildman–Crippen LogP) is 7.79. The topological polar surface area (TPSA) is 16.4 Å². The van der Waals surface area contributed by atoms with E-state index < -0.39 is 0 Å². The van der Waals surface area contributed by atoms with Gasteiger partial charge in [-0.1, -0.05) is 61.5 Å². The number of halogens is 1. The molecule has 1 aromatic heterocycles. The molecule has 4 aromatic rings. The molecule has 1 unspecified atom stereocenters. The van der Waals surface area contributed by atoms with Crippen LogP contribution in [0.5, 0.6) is 0 Å². The summed E-state index contributed by atoms with van der Waals surface area (Å²) in [4.78, 5) is 0. The van der Waals surface area contributed by atoms with Gasteiger partial charge in [-0.2, -0.15) is 0 Å². The van der Waals surface area contributed by atoms with Crippen molar-refractivity contribution in [2.75, 3.05) is 3.11 Å². The molecule has 3 heteroatoms. The standard InChI is InChI=1S/C25H20INO/c1-17-10-15-23-21(16-17)25-22(8-5-9-24(25)28-23)27(26)20-13-11-19(12-14-20)18-6-3-2-4-7-18/h2-15,17H,16H2,1H3. The molecular formula is C25H20INO. The molecule has 0 saturated heterocycles. The van der Waals surface area contributed by atoms with Crippen molar-refractivity contribution in [3.63, 3.8) is 0 Å². The molecule has 1 aliphatic rings. The van der Waals surface area contributed by atoms with E-state index in [-0.39, 0.29) is 0 Å². The molecule has 1 aliphatic carbocycles.